The van der Waals surface area contributed by atoms with E-state index in [1.54, 1.807) is 41.3 Å². The Balaban J connectivity index is 1.30. The van der Waals surface area contributed by atoms with E-state index in [2.05, 4.69) is 10.6 Å². The summed E-state index contributed by atoms with van der Waals surface area (Å²) in [7, 11) is 0. The maximum Gasteiger partial charge on any atom is 0.343 e. The molecule has 2 aromatic rings. The average Bonchev–Trinajstić information content (AvgIpc) is 2.84. The lowest BCUT2D eigenvalue weighted by Crippen LogP contribution is -2.47. The minimum absolute atomic E-state index is 0.1000. The Labute approximate surface area is 193 Å². The molecule has 0 aliphatic carbocycles. The Morgan fingerprint density at radius 3 is 2.48 bits per heavy atom. The number of aryl methyl sites for hydroxylation is 1. The van der Waals surface area contributed by atoms with Gasteiger partial charge >= 0.3 is 12.0 Å². The van der Waals surface area contributed by atoms with Crippen LogP contribution in [0.25, 0.3) is 0 Å². The van der Waals surface area contributed by atoms with E-state index in [0.717, 1.165) is 5.56 Å². The van der Waals surface area contributed by atoms with Crippen LogP contribution in [0.5, 0.6) is 11.5 Å². The summed E-state index contributed by atoms with van der Waals surface area (Å²) in [5.41, 5.74) is 1.37. The summed E-state index contributed by atoms with van der Waals surface area (Å²) in [5, 5.41) is 16.0. The largest absolute Gasteiger partial charge is 0.491 e. The third kappa shape index (κ3) is 8.05. The lowest BCUT2D eigenvalue weighted by molar-refractivity contribution is 0.0532. The van der Waals surface area contributed by atoms with Gasteiger partial charge in [0, 0.05) is 32.7 Å². The number of hydrogen-bond donors (Lipinski definition) is 3. The maximum atomic E-state index is 12.3. The minimum Gasteiger partial charge on any atom is -0.491 e. The molecular weight excluding hydrogens is 426 g/mol. The Kier molecular flexibility index (Phi) is 9.49. The van der Waals surface area contributed by atoms with Gasteiger partial charge in [0.15, 0.2) is 0 Å². The van der Waals surface area contributed by atoms with Gasteiger partial charge in [-0.2, -0.15) is 0 Å². The Hall–Kier alpha value is -3.14. The smallest absolute Gasteiger partial charge is 0.343 e. The van der Waals surface area contributed by atoms with E-state index < -0.39 is 12.1 Å². The monoisotopic (exact) mass is 457 g/mol. The number of aliphatic hydroxyl groups excluding tert-OH is 1. The molecule has 1 aliphatic heterocycles. The molecule has 1 aliphatic rings. The molecule has 0 radical (unpaired) electrons. The fourth-order valence-corrected chi connectivity index (χ4v) is 3.22. The van der Waals surface area contributed by atoms with E-state index >= 15 is 0 Å². The summed E-state index contributed by atoms with van der Waals surface area (Å²) in [6.07, 6.45) is -0.710. The van der Waals surface area contributed by atoms with Crippen molar-refractivity contribution in [1.29, 1.82) is 0 Å². The molecule has 178 valence electrons. The normalized spacial score (nSPS) is 14.4. The van der Waals surface area contributed by atoms with Crippen molar-refractivity contribution in [3.63, 3.8) is 0 Å². The topological polar surface area (TPSA) is 109 Å². The minimum atomic E-state index is -0.710. The van der Waals surface area contributed by atoms with Crippen LogP contribution in [0.15, 0.2) is 48.5 Å². The molecule has 0 saturated carbocycles. The van der Waals surface area contributed by atoms with E-state index in [-0.39, 0.29) is 12.6 Å². The molecule has 0 spiro atoms. The standard InChI is InChI=1S/C24H31N3O6/c1-18-4-2-3-5-22(18)23(29)33-21-8-6-20(7-9-21)32-17-19(28)16-25-10-11-26-24(30)27-12-14-31-15-13-27/h2-9,19,25,28H,10-17H2,1H3,(H,26,30)/t19-/m0/s1. The molecule has 33 heavy (non-hydrogen) atoms. The Morgan fingerprint density at radius 1 is 1.06 bits per heavy atom. The van der Waals surface area contributed by atoms with Crippen molar-refractivity contribution in [1.82, 2.24) is 15.5 Å². The fraction of sp³-hybridized carbons (Fsp3) is 0.417. The highest BCUT2D eigenvalue weighted by atomic mass is 16.5. The Bertz CT molecular complexity index is 899. The molecule has 9 heteroatoms. The number of rotatable bonds is 10. The molecule has 0 aromatic heterocycles. The van der Waals surface area contributed by atoms with Crippen molar-refractivity contribution >= 4 is 12.0 Å². The number of hydrogen-bond acceptors (Lipinski definition) is 7. The van der Waals surface area contributed by atoms with Gasteiger partial charge in [-0.3, -0.25) is 0 Å². The molecule has 1 fully saturated rings. The van der Waals surface area contributed by atoms with Gasteiger partial charge in [0.25, 0.3) is 0 Å². The van der Waals surface area contributed by atoms with Crippen molar-refractivity contribution in [3.8, 4) is 11.5 Å². The summed E-state index contributed by atoms with van der Waals surface area (Å²) >= 11 is 0. The highest BCUT2D eigenvalue weighted by molar-refractivity contribution is 5.92. The highest BCUT2D eigenvalue weighted by Crippen LogP contribution is 2.19. The predicted octanol–water partition coefficient (Wildman–Crippen LogP) is 1.59. The van der Waals surface area contributed by atoms with Crippen LogP contribution in [0.1, 0.15) is 15.9 Å². The first kappa shape index (κ1) is 24.5. The average molecular weight is 458 g/mol. The van der Waals surface area contributed by atoms with Gasteiger partial charge < -0.3 is 34.9 Å². The van der Waals surface area contributed by atoms with Gasteiger partial charge in [0.2, 0.25) is 0 Å². The van der Waals surface area contributed by atoms with Crippen LogP contribution in [-0.4, -0.2) is 80.7 Å². The van der Waals surface area contributed by atoms with E-state index in [1.165, 1.54) is 0 Å². The molecule has 3 N–H and O–H groups in total. The van der Waals surface area contributed by atoms with E-state index in [0.29, 0.717) is 63.0 Å². The summed E-state index contributed by atoms with van der Waals surface area (Å²) in [6.45, 7) is 5.64. The van der Waals surface area contributed by atoms with Crippen LogP contribution >= 0.6 is 0 Å². The van der Waals surface area contributed by atoms with E-state index in [1.807, 2.05) is 19.1 Å². The van der Waals surface area contributed by atoms with Crippen molar-refractivity contribution in [2.45, 2.75) is 13.0 Å². The van der Waals surface area contributed by atoms with Crippen LogP contribution in [0, 0.1) is 6.92 Å². The predicted molar refractivity (Wildman–Crippen MR) is 123 cm³/mol. The van der Waals surface area contributed by atoms with Crippen LogP contribution in [0.3, 0.4) is 0 Å². The number of esters is 1. The first-order valence-electron chi connectivity index (χ1n) is 11.0. The quantitative estimate of drug-likeness (QED) is 0.282. The van der Waals surface area contributed by atoms with Gasteiger partial charge in [-0.1, -0.05) is 18.2 Å². The number of morpholine rings is 1. The van der Waals surface area contributed by atoms with Gasteiger partial charge in [-0.05, 0) is 42.8 Å². The summed E-state index contributed by atoms with van der Waals surface area (Å²) in [5.74, 6) is 0.559. The molecule has 2 amide bonds. The molecule has 1 heterocycles. The van der Waals surface area contributed by atoms with Crippen LogP contribution in [-0.2, 0) is 4.74 Å². The Morgan fingerprint density at radius 2 is 1.76 bits per heavy atom. The number of aliphatic hydroxyl groups is 1. The zero-order valence-corrected chi connectivity index (χ0v) is 18.8. The van der Waals surface area contributed by atoms with Gasteiger partial charge in [0.1, 0.15) is 24.2 Å². The van der Waals surface area contributed by atoms with Crippen LogP contribution < -0.4 is 20.1 Å². The van der Waals surface area contributed by atoms with E-state index in [4.69, 9.17) is 14.2 Å². The second kappa shape index (κ2) is 12.8. The summed E-state index contributed by atoms with van der Waals surface area (Å²) in [4.78, 5) is 26.0. The number of benzene rings is 2. The van der Waals surface area contributed by atoms with Gasteiger partial charge in [-0.15, -0.1) is 0 Å². The number of nitrogens with one attached hydrogen (secondary N) is 2. The third-order valence-electron chi connectivity index (χ3n) is 5.10. The zero-order chi connectivity index (χ0) is 23.5. The number of nitrogens with zero attached hydrogens (tertiary/aromatic N) is 1. The van der Waals surface area contributed by atoms with Crippen molar-refractivity contribution < 1.29 is 28.9 Å². The number of urea groups is 1. The van der Waals surface area contributed by atoms with Crippen molar-refractivity contribution in [2.24, 2.45) is 0 Å². The summed E-state index contributed by atoms with van der Waals surface area (Å²) in [6, 6.07) is 13.8. The number of carbonyl (C=O) groups is 2. The molecule has 2 aromatic carbocycles. The molecular formula is C24H31N3O6. The van der Waals surface area contributed by atoms with Crippen molar-refractivity contribution in [3.05, 3.63) is 59.7 Å². The maximum absolute atomic E-state index is 12.3. The molecule has 9 nitrogen and oxygen atoms in total. The molecule has 0 bridgehead atoms. The number of ether oxygens (including phenoxy) is 3. The lowest BCUT2D eigenvalue weighted by atomic mass is 10.1. The fourth-order valence-electron chi connectivity index (χ4n) is 3.22. The van der Waals surface area contributed by atoms with Gasteiger partial charge in [0.05, 0.1) is 18.8 Å². The van der Waals surface area contributed by atoms with Crippen LogP contribution in [0.2, 0.25) is 0 Å². The highest BCUT2D eigenvalue weighted by Gasteiger charge is 2.16. The second-order valence-corrected chi connectivity index (χ2v) is 7.68. The summed E-state index contributed by atoms with van der Waals surface area (Å²) < 4.78 is 16.2. The van der Waals surface area contributed by atoms with Crippen LogP contribution in [0.4, 0.5) is 4.79 Å². The van der Waals surface area contributed by atoms with E-state index in [9.17, 15) is 14.7 Å². The third-order valence-corrected chi connectivity index (χ3v) is 5.10. The first-order valence-corrected chi connectivity index (χ1v) is 11.0. The molecule has 3 rings (SSSR count). The first-order chi connectivity index (χ1) is 16.0. The molecule has 1 atom stereocenters. The SMILES string of the molecule is Cc1ccccc1C(=O)Oc1ccc(OC[C@@H](O)CNCCNC(=O)N2CCOCC2)cc1. The van der Waals surface area contributed by atoms with Crippen molar-refractivity contribution in [2.75, 3.05) is 52.5 Å². The van der Waals surface area contributed by atoms with Gasteiger partial charge in [-0.25, -0.2) is 9.59 Å². The number of amides is 2. The lowest BCUT2D eigenvalue weighted by Gasteiger charge is -2.27. The zero-order valence-electron chi connectivity index (χ0n) is 18.8. The number of carbonyl (C=O) groups excluding carboxylic acids is 2. The second-order valence-electron chi connectivity index (χ2n) is 7.68. The molecule has 1 saturated heterocycles. The molecule has 0 unspecified atom stereocenters.